The molecule has 0 spiro atoms. The topological polar surface area (TPSA) is 143 Å². The Kier molecular flexibility index (Phi) is 4.21. The fourth-order valence-corrected chi connectivity index (χ4v) is 0.819. The number of hydrogen-bond acceptors (Lipinski definition) is 6. The van der Waals surface area contributed by atoms with Crippen LogP contribution in [0.2, 0.25) is 0 Å². The Bertz CT molecular complexity index is 377. The van der Waals surface area contributed by atoms with Gasteiger partial charge < -0.3 is 26.0 Å². The first-order chi connectivity index (χ1) is 7.61. The fourth-order valence-electron chi connectivity index (χ4n) is 0.819. The van der Waals surface area contributed by atoms with Crippen LogP contribution in [0.3, 0.4) is 0 Å². The lowest BCUT2D eigenvalue weighted by Crippen LogP contribution is -2.38. The Hall–Kier alpha value is -2.16. The highest BCUT2D eigenvalue weighted by molar-refractivity contribution is 5.79. The number of aromatic nitrogens is 2. The predicted octanol–water partition coefficient (Wildman–Crippen LogP) is -1.59. The van der Waals surface area contributed by atoms with Crippen molar-refractivity contribution in [2.24, 2.45) is 5.73 Å². The van der Waals surface area contributed by atoms with Crippen molar-refractivity contribution in [2.75, 3.05) is 6.54 Å². The summed E-state index contributed by atoms with van der Waals surface area (Å²) in [5.41, 5.74) is 5.25. The zero-order chi connectivity index (χ0) is 12.0. The maximum atomic E-state index is 11.0. The number of nitrogens with zero attached hydrogens (tertiary/aromatic N) is 2. The standard InChI is InChI=1S/C7H11N5O4/c8-1-4-11-5(16-12-4)2-9-7(15)10-3-6(13)14/h1-3,8H2,(H,13,14)(H2,9,10,15). The van der Waals surface area contributed by atoms with Gasteiger partial charge in [0.05, 0.1) is 13.1 Å². The molecule has 0 saturated heterocycles. The van der Waals surface area contributed by atoms with E-state index in [1.54, 1.807) is 0 Å². The van der Waals surface area contributed by atoms with Crippen molar-refractivity contribution in [3.8, 4) is 0 Å². The molecule has 0 atom stereocenters. The third kappa shape index (κ3) is 3.92. The van der Waals surface area contributed by atoms with Gasteiger partial charge in [-0.1, -0.05) is 5.16 Å². The summed E-state index contributed by atoms with van der Waals surface area (Å²) in [5.74, 6) is -0.591. The summed E-state index contributed by atoms with van der Waals surface area (Å²) < 4.78 is 4.73. The van der Waals surface area contributed by atoms with Crippen LogP contribution in [-0.2, 0) is 17.9 Å². The van der Waals surface area contributed by atoms with E-state index in [9.17, 15) is 9.59 Å². The highest BCUT2D eigenvalue weighted by Crippen LogP contribution is 1.95. The summed E-state index contributed by atoms with van der Waals surface area (Å²) >= 11 is 0. The van der Waals surface area contributed by atoms with Crippen molar-refractivity contribution >= 4 is 12.0 Å². The molecule has 16 heavy (non-hydrogen) atoms. The van der Waals surface area contributed by atoms with Crippen molar-refractivity contribution in [1.29, 1.82) is 0 Å². The van der Waals surface area contributed by atoms with E-state index in [-0.39, 0.29) is 19.0 Å². The van der Waals surface area contributed by atoms with E-state index in [4.69, 9.17) is 15.4 Å². The Morgan fingerprint density at radius 3 is 2.75 bits per heavy atom. The zero-order valence-corrected chi connectivity index (χ0v) is 8.27. The molecule has 1 rings (SSSR count). The number of urea groups is 1. The molecule has 9 nitrogen and oxygen atoms in total. The van der Waals surface area contributed by atoms with Crippen LogP contribution >= 0.6 is 0 Å². The van der Waals surface area contributed by atoms with Crippen molar-refractivity contribution in [2.45, 2.75) is 13.1 Å². The first kappa shape index (κ1) is 11.9. The Morgan fingerprint density at radius 2 is 2.19 bits per heavy atom. The van der Waals surface area contributed by atoms with Gasteiger partial charge in [0, 0.05) is 0 Å². The molecule has 0 unspecified atom stereocenters. The van der Waals surface area contributed by atoms with E-state index in [2.05, 4.69) is 20.8 Å². The number of carboxylic acid groups (broad SMARTS) is 1. The van der Waals surface area contributed by atoms with Gasteiger partial charge in [-0.2, -0.15) is 4.98 Å². The molecule has 1 heterocycles. The SMILES string of the molecule is NCc1noc(CNC(=O)NCC(=O)O)n1. The zero-order valence-electron chi connectivity index (χ0n) is 8.27. The Balaban J connectivity index is 2.28. The molecule has 0 fully saturated rings. The monoisotopic (exact) mass is 229 g/mol. The molecule has 9 heteroatoms. The first-order valence-electron chi connectivity index (χ1n) is 4.37. The van der Waals surface area contributed by atoms with Gasteiger partial charge in [0.2, 0.25) is 5.89 Å². The first-order valence-corrected chi connectivity index (χ1v) is 4.37. The molecule has 1 aromatic heterocycles. The van der Waals surface area contributed by atoms with Gasteiger partial charge in [-0.15, -0.1) is 0 Å². The molecule has 0 aliphatic carbocycles. The van der Waals surface area contributed by atoms with Crippen LogP contribution in [0.15, 0.2) is 4.52 Å². The minimum atomic E-state index is -1.13. The highest BCUT2D eigenvalue weighted by atomic mass is 16.5. The van der Waals surface area contributed by atoms with Crippen molar-refractivity contribution in [3.05, 3.63) is 11.7 Å². The van der Waals surface area contributed by atoms with Crippen LogP contribution < -0.4 is 16.4 Å². The lowest BCUT2D eigenvalue weighted by molar-refractivity contribution is -0.135. The summed E-state index contributed by atoms with van der Waals surface area (Å²) in [6, 6.07) is -0.630. The van der Waals surface area contributed by atoms with Crippen molar-refractivity contribution in [3.63, 3.8) is 0 Å². The van der Waals surface area contributed by atoms with Crippen LogP contribution in [-0.4, -0.2) is 33.8 Å². The number of carbonyl (C=O) groups is 2. The summed E-state index contributed by atoms with van der Waals surface area (Å²) in [4.78, 5) is 25.0. The van der Waals surface area contributed by atoms with Gasteiger partial charge in [0.15, 0.2) is 5.82 Å². The average molecular weight is 229 g/mol. The molecule has 5 N–H and O–H groups in total. The largest absolute Gasteiger partial charge is 0.480 e. The number of nitrogens with one attached hydrogen (secondary N) is 2. The summed E-state index contributed by atoms with van der Waals surface area (Å²) in [7, 11) is 0. The van der Waals surface area contributed by atoms with E-state index in [0.29, 0.717) is 5.82 Å². The lowest BCUT2D eigenvalue weighted by atomic mass is 10.6. The second-order valence-electron chi connectivity index (χ2n) is 2.74. The number of rotatable bonds is 5. The number of carbonyl (C=O) groups excluding carboxylic acids is 1. The van der Waals surface area contributed by atoms with Crippen LogP contribution in [0.5, 0.6) is 0 Å². The molecule has 88 valence electrons. The molecule has 0 radical (unpaired) electrons. The lowest BCUT2D eigenvalue weighted by Gasteiger charge is -2.02. The Labute approximate surface area is 90.0 Å². The maximum absolute atomic E-state index is 11.0. The van der Waals surface area contributed by atoms with Gasteiger partial charge in [0.25, 0.3) is 0 Å². The second kappa shape index (κ2) is 5.66. The maximum Gasteiger partial charge on any atom is 0.323 e. The van der Waals surface area contributed by atoms with E-state index >= 15 is 0 Å². The van der Waals surface area contributed by atoms with Crippen molar-refractivity contribution < 1.29 is 19.2 Å². The molecule has 2 amide bonds. The highest BCUT2D eigenvalue weighted by Gasteiger charge is 2.07. The predicted molar refractivity (Wildman–Crippen MR) is 50.1 cm³/mol. The van der Waals surface area contributed by atoms with E-state index < -0.39 is 18.5 Å². The fraction of sp³-hybridized carbons (Fsp3) is 0.429. The molecular weight excluding hydrogens is 218 g/mol. The van der Waals surface area contributed by atoms with E-state index in [1.807, 2.05) is 0 Å². The van der Waals surface area contributed by atoms with Crippen LogP contribution in [0.1, 0.15) is 11.7 Å². The minimum absolute atomic E-state index is 0.0124. The molecule has 0 bridgehead atoms. The summed E-state index contributed by atoms with van der Waals surface area (Å²) in [6.45, 7) is -0.295. The molecule has 0 aliphatic rings. The van der Waals surface area contributed by atoms with Crippen LogP contribution in [0.25, 0.3) is 0 Å². The third-order valence-electron chi connectivity index (χ3n) is 1.49. The molecule has 1 aromatic rings. The number of aliphatic carboxylic acids is 1. The summed E-state index contributed by atoms with van der Waals surface area (Å²) in [6.07, 6.45) is 0. The second-order valence-corrected chi connectivity index (χ2v) is 2.74. The van der Waals surface area contributed by atoms with Crippen LogP contribution in [0, 0.1) is 0 Å². The Morgan fingerprint density at radius 1 is 1.44 bits per heavy atom. The van der Waals surface area contributed by atoms with Gasteiger partial charge in [-0.3, -0.25) is 4.79 Å². The van der Waals surface area contributed by atoms with E-state index in [0.717, 1.165) is 0 Å². The van der Waals surface area contributed by atoms with Gasteiger partial charge in [0.1, 0.15) is 6.54 Å². The summed E-state index contributed by atoms with van der Waals surface area (Å²) in [5, 5.41) is 16.2. The number of amides is 2. The molecular formula is C7H11N5O4. The number of hydrogen-bond donors (Lipinski definition) is 4. The smallest absolute Gasteiger partial charge is 0.323 e. The molecule has 0 saturated carbocycles. The third-order valence-corrected chi connectivity index (χ3v) is 1.49. The normalized spacial score (nSPS) is 9.81. The molecule has 0 aliphatic heterocycles. The number of nitrogens with two attached hydrogens (primary N) is 1. The quantitative estimate of drug-likeness (QED) is 0.476. The number of carboxylic acids is 1. The van der Waals surface area contributed by atoms with Gasteiger partial charge in [-0.05, 0) is 0 Å². The van der Waals surface area contributed by atoms with Gasteiger partial charge in [-0.25, -0.2) is 4.79 Å². The van der Waals surface area contributed by atoms with E-state index in [1.165, 1.54) is 0 Å². The molecule has 0 aromatic carbocycles. The minimum Gasteiger partial charge on any atom is -0.480 e. The van der Waals surface area contributed by atoms with Crippen LogP contribution in [0.4, 0.5) is 4.79 Å². The average Bonchev–Trinajstić information content (AvgIpc) is 2.71. The van der Waals surface area contributed by atoms with Crippen molar-refractivity contribution in [1.82, 2.24) is 20.8 Å². The van der Waals surface area contributed by atoms with Gasteiger partial charge >= 0.3 is 12.0 Å².